The van der Waals surface area contributed by atoms with Crippen molar-refractivity contribution in [1.29, 1.82) is 0 Å². The molecular weight excluding hydrogens is 450 g/mol. The molecule has 0 aromatic heterocycles. The zero-order valence-electron chi connectivity index (χ0n) is 20.2. The fourth-order valence-corrected chi connectivity index (χ4v) is 4.65. The SMILES string of the molecule is CC(C)C[C@H](NC(=O)OCC1c2ccccc2-c2ccccc21)C(=O)C1C(=O)OC(C)(C)OC1=O. The highest BCUT2D eigenvalue weighted by molar-refractivity contribution is 6.17. The predicted molar refractivity (Wildman–Crippen MR) is 126 cm³/mol. The number of nitrogens with one attached hydrogen (secondary N) is 1. The third-order valence-corrected chi connectivity index (χ3v) is 6.13. The number of cyclic esters (lactones) is 2. The lowest BCUT2D eigenvalue weighted by Crippen LogP contribution is -2.54. The molecular formula is C27H29NO7. The lowest BCUT2D eigenvalue weighted by atomic mass is 9.91. The van der Waals surface area contributed by atoms with Crippen LogP contribution in [0.5, 0.6) is 0 Å². The molecule has 1 aliphatic carbocycles. The Morgan fingerprint density at radius 1 is 0.943 bits per heavy atom. The molecule has 8 heteroatoms. The molecule has 0 bridgehead atoms. The van der Waals surface area contributed by atoms with Crippen LogP contribution >= 0.6 is 0 Å². The number of ether oxygens (including phenoxy) is 3. The van der Waals surface area contributed by atoms with Gasteiger partial charge in [0.2, 0.25) is 5.92 Å². The zero-order chi connectivity index (χ0) is 25.3. The zero-order valence-corrected chi connectivity index (χ0v) is 20.2. The van der Waals surface area contributed by atoms with Gasteiger partial charge in [-0.15, -0.1) is 0 Å². The summed E-state index contributed by atoms with van der Waals surface area (Å²) in [4.78, 5) is 50.6. The Morgan fingerprint density at radius 3 is 1.97 bits per heavy atom. The third kappa shape index (κ3) is 5.06. The molecule has 8 nitrogen and oxygen atoms in total. The van der Waals surface area contributed by atoms with Gasteiger partial charge in [0.25, 0.3) is 5.79 Å². The maximum Gasteiger partial charge on any atom is 0.407 e. The van der Waals surface area contributed by atoms with Crippen LogP contribution in [0.1, 0.15) is 51.2 Å². The van der Waals surface area contributed by atoms with Gasteiger partial charge in [0, 0.05) is 19.8 Å². The van der Waals surface area contributed by atoms with Crippen LogP contribution in [0.2, 0.25) is 0 Å². The molecule has 1 heterocycles. The molecule has 1 atom stereocenters. The number of fused-ring (bicyclic) bond motifs is 3. The summed E-state index contributed by atoms with van der Waals surface area (Å²) in [7, 11) is 0. The second-order valence-electron chi connectivity index (χ2n) is 9.73. The Morgan fingerprint density at radius 2 is 1.46 bits per heavy atom. The molecule has 4 rings (SSSR count). The second kappa shape index (κ2) is 9.52. The van der Waals surface area contributed by atoms with Crippen molar-refractivity contribution in [2.24, 2.45) is 11.8 Å². The largest absolute Gasteiger partial charge is 0.449 e. The maximum atomic E-state index is 13.1. The monoisotopic (exact) mass is 479 g/mol. The number of carbonyl (C=O) groups is 4. The van der Waals surface area contributed by atoms with Crippen molar-refractivity contribution in [3.63, 3.8) is 0 Å². The van der Waals surface area contributed by atoms with E-state index in [2.05, 4.69) is 5.32 Å². The van der Waals surface area contributed by atoms with E-state index < -0.39 is 41.6 Å². The Kier molecular flexibility index (Phi) is 6.65. The van der Waals surface area contributed by atoms with Crippen LogP contribution in [0.15, 0.2) is 48.5 Å². The van der Waals surface area contributed by atoms with Crippen molar-refractivity contribution in [2.75, 3.05) is 6.61 Å². The molecule has 1 aliphatic heterocycles. The first kappa shape index (κ1) is 24.4. The maximum absolute atomic E-state index is 13.1. The standard InChI is InChI=1S/C27H29NO7/c1-15(2)13-21(23(29)22-24(30)34-27(3,4)35-25(22)31)28-26(32)33-14-20-18-11-7-5-9-16(18)17-10-6-8-12-19(17)20/h5-12,15,20-22H,13-14H2,1-4H3,(H,28,32)/t21-/m0/s1. The van der Waals surface area contributed by atoms with Crippen molar-refractivity contribution in [2.45, 2.75) is 51.9 Å². The van der Waals surface area contributed by atoms with Crippen LogP contribution in [0.25, 0.3) is 11.1 Å². The quantitative estimate of drug-likeness (QED) is 0.473. The van der Waals surface area contributed by atoms with Gasteiger partial charge in [-0.25, -0.2) is 4.79 Å². The number of alkyl carbamates (subject to hydrolysis) is 1. The van der Waals surface area contributed by atoms with Gasteiger partial charge in [-0.3, -0.25) is 14.4 Å². The van der Waals surface area contributed by atoms with Crippen molar-refractivity contribution in [1.82, 2.24) is 5.32 Å². The molecule has 2 aromatic carbocycles. The molecule has 0 spiro atoms. The molecule has 1 amide bonds. The number of esters is 2. The summed E-state index contributed by atoms with van der Waals surface area (Å²) in [5, 5.41) is 2.55. The lowest BCUT2D eigenvalue weighted by molar-refractivity contribution is -0.238. The normalized spacial score (nSPS) is 17.7. The minimum absolute atomic E-state index is 0.00934. The molecule has 1 saturated heterocycles. The van der Waals surface area contributed by atoms with Gasteiger partial charge in [0.05, 0.1) is 6.04 Å². The van der Waals surface area contributed by atoms with Crippen LogP contribution in [0, 0.1) is 11.8 Å². The summed E-state index contributed by atoms with van der Waals surface area (Å²) in [5.41, 5.74) is 4.32. The number of amides is 1. The molecule has 1 fully saturated rings. The van der Waals surface area contributed by atoms with E-state index in [0.29, 0.717) is 0 Å². The van der Waals surface area contributed by atoms with E-state index in [1.54, 1.807) is 0 Å². The topological polar surface area (TPSA) is 108 Å². The summed E-state index contributed by atoms with van der Waals surface area (Å²) in [5.74, 6) is -6.10. The van der Waals surface area contributed by atoms with E-state index >= 15 is 0 Å². The minimum atomic E-state index is -1.75. The van der Waals surface area contributed by atoms with E-state index in [9.17, 15) is 19.2 Å². The average molecular weight is 480 g/mol. The Labute approximate surface area is 203 Å². The van der Waals surface area contributed by atoms with Gasteiger partial charge in [-0.1, -0.05) is 62.4 Å². The number of hydrogen-bond acceptors (Lipinski definition) is 7. The molecule has 0 unspecified atom stereocenters. The van der Waals surface area contributed by atoms with Crippen LogP contribution in [-0.4, -0.2) is 42.3 Å². The smallest absolute Gasteiger partial charge is 0.407 e. The third-order valence-electron chi connectivity index (χ3n) is 6.13. The fraction of sp³-hybridized carbons (Fsp3) is 0.407. The van der Waals surface area contributed by atoms with Crippen LogP contribution in [-0.2, 0) is 28.6 Å². The molecule has 2 aromatic rings. The van der Waals surface area contributed by atoms with Crippen LogP contribution in [0.4, 0.5) is 4.79 Å². The highest BCUT2D eigenvalue weighted by Gasteiger charge is 2.49. The number of ketones is 1. The predicted octanol–water partition coefficient (Wildman–Crippen LogP) is 3.96. The van der Waals surface area contributed by atoms with Gasteiger partial charge >= 0.3 is 18.0 Å². The van der Waals surface area contributed by atoms with Crippen LogP contribution < -0.4 is 5.32 Å². The second-order valence-corrected chi connectivity index (χ2v) is 9.73. The molecule has 184 valence electrons. The molecule has 0 saturated carbocycles. The van der Waals surface area contributed by atoms with Gasteiger partial charge in [0.1, 0.15) is 6.61 Å². The van der Waals surface area contributed by atoms with E-state index in [1.165, 1.54) is 13.8 Å². The number of hydrogen-bond donors (Lipinski definition) is 1. The number of carbonyl (C=O) groups excluding carboxylic acids is 4. The summed E-state index contributed by atoms with van der Waals surface area (Å²) in [6, 6.07) is 14.8. The summed E-state index contributed by atoms with van der Waals surface area (Å²) >= 11 is 0. The first-order valence-corrected chi connectivity index (χ1v) is 11.7. The van der Waals surface area contributed by atoms with Crippen molar-refractivity contribution in [3.8, 4) is 11.1 Å². The molecule has 2 aliphatic rings. The van der Waals surface area contributed by atoms with Crippen molar-refractivity contribution >= 4 is 23.8 Å². The van der Waals surface area contributed by atoms with E-state index in [4.69, 9.17) is 14.2 Å². The number of rotatable bonds is 7. The van der Waals surface area contributed by atoms with E-state index in [0.717, 1.165) is 22.3 Å². The minimum Gasteiger partial charge on any atom is -0.449 e. The van der Waals surface area contributed by atoms with Crippen LogP contribution in [0.3, 0.4) is 0 Å². The van der Waals surface area contributed by atoms with E-state index in [1.807, 2.05) is 62.4 Å². The van der Waals surface area contributed by atoms with Gasteiger partial charge in [-0.05, 0) is 34.6 Å². The Balaban J connectivity index is 1.46. The molecule has 35 heavy (non-hydrogen) atoms. The van der Waals surface area contributed by atoms with E-state index in [-0.39, 0.29) is 24.9 Å². The molecule has 0 radical (unpaired) electrons. The fourth-order valence-electron chi connectivity index (χ4n) is 4.65. The lowest BCUT2D eigenvalue weighted by Gasteiger charge is -2.33. The van der Waals surface area contributed by atoms with Crippen molar-refractivity contribution < 1.29 is 33.4 Å². The highest BCUT2D eigenvalue weighted by atomic mass is 16.7. The number of Topliss-reactive ketones (excluding diaryl/α,β-unsaturated/α-hetero) is 1. The summed E-state index contributed by atoms with van der Waals surface area (Å²) < 4.78 is 15.7. The van der Waals surface area contributed by atoms with Gasteiger partial charge in [0.15, 0.2) is 5.78 Å². The first-order valence-electron chi connectivity index (χ1n) is 11.7. The molecule has 1 N–H and O–H groups in total. The van der Waals surface area contributed by atoms with Gasteiger partial charge < -0.3 is 19.5 Å². The summed E-state index contributed by atoms with van der Waals surface area (Å²) in [6.07, 6.45) is -0.590. The average Bonchev–Trinajstić information content (AvgIpc) is 3.09. The summed E-state index contributed by atoms with van der Waals surface area (Å²) in [6.45, 7) is 6.61. The van der Waals surface area contributed by atoms with Gasteiger partial charge in [-0.2, -0.15) is 0 Å². The highest BCUT2D eigenvalue weighted by Crippen LogP contribution is 2.44. The Bertz CT molecular complexity index is 1100. The van der Waals surface area contributed by atoms with Crippen molar-refractivity contribution in [3.05, 3.63) is 59.7 Å². The number of benzene rings is 2. The first-order chi connectivity index (χ1) is 16.6. The Hall–Kier alpha value is -3.68.